The van der Waals surface area contributed by atoms with Crippen LogP contribution < -0.4 is 14.8 Å². The summed E-state index contributed by atoms with van der Waals surface area (Å²) in [5.74, 6) is 1.06. The van der Waals surface area contributed by atoms with Crippen molar-refractivity contribution in [1.82, 2.24) is 4.98 Å². The summed E-state index contributed by atoms with van der Waals surface area (Å²) in [7, 11) is 1.63. The van der Waals surface area contributed by atoms with Gasteiger partial charge in [0.25, 0.3) is 5.91 Å². The minimum Gasteiger partial charge on any atom is -0.497 e. The molecule has 0 fully saturated rings. The van der Waals surface area contributed by atoms with Crippen molar-refractivity contribution in [1.29, 1.82) is 0 Å². The third-order valence-electron chi connectivity index (χ3n) is 4.48. The second-order valence-corrected chi connectivity index (χ2v) is 7.35. The van der Waals surface area contributed by atoms with E-state index in [1.54, 1.807) is 19.2 Å². The minimum atomic E-state index is -0.255. The molecule has 0 radical (unpaired) electrons. The number of thiazole rings is 1. The molecule has 0 bridgehead atoms. The van der Waals surface area contributed by atoms with Crippen molar-refractivity contribution in [2.75, 3.05) is 12.4 Å². The van der Waals surface area contributed by atoms with Crippen LogP contribution in [0, 0.1) is 0 Å². The van der Waals surface area contributed by atoms with Gasteiger partial charge >= 0.3 is 0 Å². The van der Waals surface area contributed by atoms with Gasteiger partial charge in [-0.1, -0.05) is 42.5 Å². The van der Waals surface area contributed by atoms with Crippen LogP contribution in [0.5, 0.6) is 11.5 Å². The predicted molar refractivity (Wildman–Crippen MR) is 119 cm³/mol. The molecule has 0 aliphatic carbocycles. The lowest BCUT2D eigenvalue weighted by molar-refractivity contribution is 0.102. The first kappa shape index (κ1) is 19.7. The number of nitrogens with one attached hydrogen (secondary N) is 1. The van der Waals surface area contributed by atoms with Gasteiger partial charge in [-0.05, 0) is 42.0 Å². The number of rotatable bonds is 7. The highest BCUT2D eigenvalue weighted by Crippen LogP contribution is 2.27. The summed E-state index contributed by atoms with van der Waals surface area (Å²) in [5.41, 5.74) is 3.26. The monoisotopic (exact) mass is 416 g/mol. The molecule has 0 unspecified atom stereocenters. The van der Waals surface area contributed by atoms with Crippen LogP contribution in [-0.2, 0) is 6.61 Å². The molecule has 1 aromatic heterocycles. The van der Waals surface area contributed by atoms with Gasteiger partial charge in [0.05, 0.1) is 18.4 Å². The van der Waals surface area contributed by atoms with Crippen molar-refractivity contribution in [2.45, 2.75) is 6.61 Å². The maximum atomic E-state index is 12.8. The molecular weight excluding hydrogens is 396 g/mol. The van der Waals surface area contributed by atoms with Gasteiger partial charge in [0.2, 0.25) is 0 Å². The summed E-state index contributed by atoms with van der Waals surface area (Å²) in [6.07, 6.45) is 0. The second kappa shape index (κ2) is 9.24. The van der Waals surface area contributed by atoms with E-state index in [0.717, 1.165) is 22.6 Å². The number of anilines is 1. The number of carbonyl (C=O) groups is 1. The van der Waals surface area contributed by atoms with Gasteiger partial charge in [-0.25, -0.2) is 4.98 Å². The molecule has 0 saturated carbocycles. The van der Waals surface area contributed by atoms with Gasteiger partial charge in [-0.3, -0.25) is 10.1 Å². The van der Waals surface area contributed by atoms with E-state index in [2.05, 4.69) is 10.3 Å². The Morgan fingerprint density at radius 1 is 0.967 bits per heavy atom. The molecule has 5 nitrogen and oxygen atoms in total. The molecule has 0 atom stereocenters. The zero-order valence-electron chi connectivity index (χ0n) is 16.4. The Balaban J connectivity index is 1.46. The van der Waals surface area contributed by atoms with Gasteiger partial charge < -0.3 is 9.47 Å². The molecule has 1 heterocycles. The highest BCUT2D eigenvalue weighted by molar-refractivity contribution is 7.14. The summed E-state index contributed by atoms with van der Waals surface area (Å²) in [5, 5.41) is 5.32. The SMILES string of the molecule is COc1ccc(-c2csc(NC(=O)c3ccccc3OCc3ccccc3)n2)cc1. The van der Waals surface area contributed by atoms with Crippen LogP contribution in [0.3, 0.4) is 0 Å². The average Bonchev–Trinajstić information content (AvgIpc) is 3.27. The van der Waals surface area contributed by atoms with Gasteiger partial charge in [0.15, 0.2) is 5.13 Å². The lowest BCUT2D eigenvalue weighted by Crippen LogP contribution is -2.13. The minimum absolute atomic E-state index is 0.255. The maximum absolute atomic E-state index is 12.8. The van der Waals surface area contributed by atoms with Crippen LogP contribution in [0.2, 0.25) is 0 Å². The van der Waals surface area contributed by atoms with Crippen LogP contribution >= 0.6 is 11.3 Å². The Morgan fingerprint density at radius 3 is 2.47 bits per heavy atom. The number of amides is 1. The zero-order valence-corrected chi connectivity index (χ0v) is 17.2. The number of carbonyl (C=O) groups excluding carboxylic acids is 1. The normalized spacial score (nSPS) is 10.4. The Labute approximate surface area is 178 Å². The van der Waals surface area contributed by atoms with Crippen molar-refractivity contribution in [3.8, 4) is 22.8 Å². The molecule has 1 N–H and O–H groups in total. The molecule has 150 valence electrons. The number of aromatic nitrogens is 1. The lowest BCUT2D eigenvalue weighted by Gasteiger charge is -2.11. The molecular formula is C24H20N2O3S. The number of hydrogen-bond acceptors (Lipinski definition) is 5. The van der Waals surface area contributed by atoms with Crippen LogP contribution in [-0.4, -0.2) is 18.0 Å². The Hall–Kier alpha value is -3.64. The second-order valence-electron chi connectivity index (χ2n) is 6.49. The first-order chi connectivity index (χ1) is 14.7. The highest BCUT2D eigenvalue weighted by Gasteiger charge is 2.15. The average molecular weight is 417 g/mol. The van der Waals surface area contributed by atoms with Gasteiger partial charge in [-0.2, -0.15) is 0 Å². The molecule has 0 aliphatic rings. The van der Waals surface area contributed by atoms with E-state index in [4.69, 9.17) is 9.47 Å². The van der Waals surface area contributed by atoms with Crippen molar-refractivity contribution in [2.24, 2.45) is 0 Å². The standard InChI is InChI=1S/C24H20N2O3S/c1-28-19-13-11-18(12-14-19)21-16-30-24(25-21)26-23(27)20-9-5-6-10-22(20)29-15-17-7-3-2-4-8-17/h2-14,16H,15H2,1H3,(H,25,26,27). The first-order valence-electron chi connectivity index (χ1n) is 9.40. The predicted octanol–water partition coefficient (Wildman–Crippen LogP) is 5.65. The van der Waals surface area contributed by atoms with E-state index >= 15 is 0 Å². The van der Waals surface area contributed by atoms with Crippen LogP contribution in [0.25, 0.3) is 11.3 Å². The van der Waals surface area contributed by atoms with E-state index in [0.29, 0.717) is 23.1 Å². The largest absolute Gasteiger partial charge is 0.497 e. The molecule has 30 heavy (non-hydrogen) atoms. The van der Waals surface area contributed by atoms with E-state index in [-0.39, 0.29) is 5.91 Å². The van der Waals surface area contributed by atoms with Crippen LogP contribution in [0.1, 0.15) is 15.9 Å². The quantitative estimate of drug-likeness (QED) is 0.423. The smallest absolute Gasteiger partial charge is 0.261 e. The summed E-state index contributed by atoms with van der Waals surface area (Å²) < 4.78 is 11.1. The van der Waals surface area contributed by atoms with E-state index in [9.17, 15) is 4.79 Å². The van der Waals surface area contributed by atoms with Gasteiger partial charge in [0.1, 0.15) is 18.1 Å². The number of hydrogen-bond donors (Lipinski definition) is 1. The number of methoxy groups -OCH3 is 1. The topological polar surface area (TPSA) is 60.5 Å². The molecule has 0 spiro atoms. The van der Waals surface area contributed by atoms with Crippen LogP contribution in [0.15, 0.2) is 84.2 Å². The van der Waals surface area contributed by atoms with Crippen molar-refractivity contribution < 1.29 is 14.3 Å². The third-order valence-corrected chi connectivity index (χ3v) is 5.24. The summed E-state index contributed by atoms with van der Waals surface area (Å²) in [6, 6.07) is 24.7. The molecule has 3 aromatic carbocycles. The molecule has 4 rings (SSSR count). The zero-order chi connectivity index (χ0) is 20.8. The van der Waals surface area contributed by atoms with Crippen molar-refractivity contribution in [3.05, 3.63) is 95.4 Å². The Morgan fingerprint density at radius 2 is 1.70 bits per heavy atom. The molecule has 1 amide bonds. The summed E-state index contributed by atoms with van der Waals surface area (Å²) in [4.78, 5) is 17.4. The summed E-state index contributed by atoms with van der Waals surface area (Å²) in [6.45, 7) is 0.393. The van der Waals surface area contributed by atoms with Gasteiger partial charge in [0, 0.05) is 10.9 Å². The number of ether oxygens (including phenoxy) is 2. The highest BCUT2D eigenvalue weighted by atomic mass is 32.1. The van der Waals surface area contributed by atoms with E-state index in [1.807, 2.05) is 72.1 Å². The molecule has 0 saturated heterocycles. The van der Waals surface area contributed by atoms with Crippen LogP contribution in [0.4, 0.5) is 5.13 Å². The fourth-order valence-electron chi connectivity index (χ4n) is 2.91. The Bertz CT molecular complexity index is 1120. The molecule has 0 aliphatic heterocycles. The number of benzene rings is 3. The number of nitrogens with zero attached hydrogens (tertiary/aromatic N) is 1. The summed E-state index contributed by atoms with van der Waals surface area (Å²) >= 11 is 1.38. The number of para-hydroxylation sites is 1. The first-order valence-corrected chi connectivity index (χ1v) is 10.3. The maximum Gasteiger partial charge on any atom is 0.261 e. The van der Waals surface area contributed by atoms with Crippen molar-refractivity contribution >= 4 is 22.4 Å². The fourth-order valence-corrected chi connectivity index (χ4v) is 3.62. The molecule has 6 heteroatoms. The van der Waals surface area contributed by atoms with Gasteiger partial charge in [-0.15, -0.1) is 11.3 Å². The third kappa shape index (κ3) is 4.67. The van der Waals surface area contributed by atoms with E-state index < -0.39 is 0 Å². The lowest BCUT2D eigenvalue weighted by atomic mass is 10.2. The van der Waals surface area contributed by atoms with E-state index in [1.165, 1.54) is 11.3 Å². The molecule has 4 aromatic rings. The Kier molecular flexibility index (Phi) is 6.06. The van der Waals surface area contributed by atoms with Crippen molar-refractivity contribution in [3.63, 3.8) is 0 Å². The fraction of sp³-hybridized carbons (Fsp3) is 0.0833.